The topological polar surface area (TPSA) is 58.6 Å². The first kappa shape index (κ1) is 22.9. The maximum Gasteiger partial charge on any atom is 0.0441 e. The number of oxime groups is 1. The Kier molecular flexibility index (Phi) is 13.6. The number of nitrogens with two attached hydrogens (primary N) is 1. The Hall–Kier alpha value is -1.09. The van der Waals surface area contributed by atoms with Crippen LogP contribution in [0.25, 0.3) is 0 Å². The third kappa shape index (κ3) is 9.27. The lowest BCUT2D eigenvalue weighted by Crippen LogP contribution is -2.28. The van der Waals surface area contributed by atoms with Gasteiger partial charge in [0, 0.05) is 12.3 Å². The van der Waals surface area contributed by atoms with E-state index >= 15 is 0 Å². The van der Waals surface area contributed by atoms with Crippen LogP contribution in [0.15, 0.2) is 29.5 Å². The smallest absolute Gasteiger partial charge is 0.0441 e. The molecule has 0 aliphatic rings. The molecule has 0 saturated carbocycles. The van der Waals surface area contributed by atoms with Crippen molar-refractivity contribution in [3.8, 4) is 0 Å². The van der Waals surface area contributed by atoms with Crippen LogP contribution in [-0.4, -0.2) is 17.5 Å². The number of allylic oxidation sites excluding steroid dienone is 3. The highest BCUT2D eigenvalue weighted by Crippen LogP contribution is 2.34. The molecular formula is C21H40N2O. The first-order valence-electron chi connectivity index (χ1n) is 9.80. The summed E-state index contributed by atoms with van der Waals surface area (Å²) >= 11 is 0. The van der Waals surface area contributed by atoms with Gasteiger partial charge in [0.05, 0.1) is 0 Å². The van der Waals surface area contributed by atoms with Gasteiger partial charge in [-0.05, 0) is 56.3 Å². The van der Waals surface area contributed by atoms with Crippen LogP contribution in [0.1, 0.15) is 85.5 Å². The van der Waals surface area contributed by atoms with Gasteiger partial charge in [-0.1, -0.05) is 64.8 Å². The predicted molar refractivity (Wildman–Crippen MR) is 107 cm³/mol. The van der Waals surface area contributed by atoms with E-state index in [0.717, 1.165) is 44.9 Å². The van der Waals surface area contributed by atoms with Crippen molar-refractivity contribution in [2.45, 2.75) is 91.5 Å². The molecule has 3 heteroatoms. The van der Waals surface area contributed by atoms with E-state index in [-0.39, 0.29) is 5.41 Å². The van der Waals surface area contributed by atoms with Crippen LogP contribution in [0.4, 0.5) is 0 Å². The lowest BCUT2D eigenvalue weighted by atomic mass is 9.76. The summed E-state index contributed by atoms with van der Waals surface area (Å²) in [4.78, 5) is 0. The third-order valence-electron chi connectivity index (χ3n) is 5.55. The number of unbranched alkanes of at least 4 members (excludes halogenated alkanes) is 1. The van der Waals surface area contributed by atoms with Crippen molar-refractivity contribution in [2.24, 2.45) is 22.2 Å². The molecule has 3 nitrogen and oxygen atoms in total. The maximum atomic E-state index is 8.65. The van der Waals surface area contributed by atoms with Crippen molar-refractivity contribution < 1.29 is 5.21 Å². The molecule has 0 aromatic carbocycles. The lowest BCUT2D eigenvalue weighted by molar-refractivity contribution is 0.271. The summed E-state index contributed by atoms with van der Waals surface area (Å²) in [6, 6.07) is 0.301. The summed E-state index contributed by atoms with van der Waals surface area (Å²) in [5, 5.41) is 11.8. The molecular weight excluding hydrogens is 296 g/mol. The first-order chi connectivity index (χ1) is 11.6. The molecule has 0 fully saturated rings. The normalized spacial score (nSPS) is 14.6. The third-order valence-corrected chi connectivity index (χ3v) is 5.55. The Labute approximate surface area is 150 Å². The van der Waals surface area contributed by atoms with Crippen molar-refractivity contribution in [3.63, 3.8) is 0 Å². The average Bonchev–Trinajstić information content (AvgIpc) is 2.61. The van der Waals surface area contributed by atoms with E-state index < -0.39 is 0 Å². The molecule has 0 spiro atoms. The van der Waals surface area contributed by atoms with E-state index in [4.69, 9.17) is 10.9 Å². The van der Waals surface area contributed by atoms with E-state index in [9.17, 15) is 0 Å². The standard InChI is InChI=1S/C21H40N2O/c1-5-19(6-2)20(22)15-13-11-9-10-12-14-16-21(7-3,8-4)17-18-23-24/h11-14,18-20,24H,5-10,15-17,22H2,1-4H3. The second kappa shape index (κ2) is 14.3. The Bertz CT molecular complexity index is 366. The fourth-order valence-corrected chi connectivity index (χ4v) is 3.25. The van der Waals surface area contributed by atoms with Crippen LogP contribution in [0.3, 0.4) is 0 Å². The van der Waals surface area contributed by atoms with Crippen molar-refractivity contribution in [2.75, 3.05) is 0 Å². The summed E-state index contributed by atoms with van der Waals surface area (Å²) in [5.74, 6) is 0.646. The summed E-state index contributed by atoms with van der Waals surface area (Å²) in [7, 11) is 0. The Morgan fingerprint density at radius 2 is 1.50 bits per heavy atom. The van der Waals surface area contributed by atoms with Crippen LogP contribution in [-0.2, 0) is 0 Å². The molecule has 0 bridgehead atoms. The Morgan fingerprint density at radius 1 is 0.917 bits per heavy atom. The molecule has 0 amide bonds. The minimum atomic E-state index is 0.237. The molecule has 3 N–H and O–H groups in total. The number of nitrogens with zero attached hydrogens (tertiary/aromatic N) is 1. The van der Waals surface area contributed by atoms with Gasteiger partial charge in [0.2, 0.25) is 0 Å². The fraction of sp³-hybridized carbons (Fsp3) is 0.762. The Morgan fingerprint density at radius 3 is 2.00 bits per heavy atom. The van der Waals surface area contributed by atoms with Gasteiger partial charge in [-0.15, -0.1) is 5.16 Å². The summed E-state index contributed by atoms with van der Waals surface area (Å²) in [5.41, 5.74) is 6.46. The first-order valence-corrected chi connectivity index (χ1v) is 9.80. The molecule has 0 heterocycles. The van der Waals surface area contributed by atoms with Crippen molar-refractivity contribution in [3.05, 3.63) is 24.3 Å². The quantitative estimate of drug-likeness (QED) is 0.133. The van der Waals surface area contributed by atoms with Crippen LogP contribution >= 0.6 is 0 Å². The average molecular weight is 337 g/mol. The molecule has 1 atom stereocenters. The van der Waals surface area contributed by atoms with Gasteiger partial charge in [-0.3, -0.25) is 0 Å². The summed E-state index contributed by atoms with van der Waals surface area (Å²) in [6.45, 7) is 8.88. The van der Waals surface area contributed by atoms with Gasteiger partial charge in [0.15, 0.2) is 0 Å². The van der Waals surface area contributed by atoms with Crippen LogP contribution in [0.2, 0.25) is 0 Å². The molecule has 0 aliphatic carbocycles. The molecule has 140 valence electrons. The van der Waals surface area contributed by atoms with E-state index in [2.05, 4.69) is 57.2 Å². The predicted octanol–water partition coefficient (Wildman–Crippen LogP) is 6.08. The van der Waals surface area contributed by atoms with Gasteiger partial charge < -0.3 is 10.9 Å². The summed E-state index contributed by atoms with van der Waals surface area (Å²) < 4.78 is 0. The van der Waals surface area contributed by atoms with Crippen LogP contribution in [0, 0.1) is 11.3 Å². The maximum absolute atomic E-state index is 8.65. The molecule has 0 rings (SSSR count). The molecule has 0 saturated heterocycles. The second-order valence-corrected chi connectivity index (χ2v) is 6.91. The highest BCUT2D eigenvalue weighted by molar-refractivity contribution is 5.57. The van der Waals surface area contributed by atoms with Crippen molar-refractivity contribution in [1.29, 1.82) is 0 Å². The molecule has 0 aromatic heterocycles. The molecule has 0 aromatic rings. The number of hydrogen-bond acceptors (Lipinski definition) is 3. The molecule has 0 aliphatic heterocycles. The molecule has 1 unspecified atom stereocenters. The second-order valence-electron chi connectivity index (χ2n) is 6.91. The van der Waals surface area contributed by atoms with E-state index in [1.807, 2.05) is 0 Å². The van der Waals surface area contributed by atoms with E-state index in [1.54, 1.807) is 6.21 Å². The number of rotatable bonds is 14. The van der Waals surface area contributed by atoms with E-state index in [0.29, 0.717) is 12.0 Å². The molecule has 0 radical (unpaired) electrons. The Balaban J connectivity index is 4.09. The van der Waals surface area contributed by atoms with Crippen LogP contribution < -0.4 is 5.73 Å². The minimum Gasteiger partial charge on any atom is -0.411 e. The van der Waals surface area contributed by atoms with Gasteiger partial charge in [-0.25, -0.2) is 0 Å². The minimum absolute atomic E-state index is 0.237. The van der Waals surface area contributed by atoms with E-state index in [1.165, 1.54) is 12.8 Å². The number of hydrogen-bond donors (Lipinski definition) is 2. The fourth-order valence-electron chi connectivity index (χ4n) is 3.25. The van der Waals surface area contributed by atoms with Gasteiger partial charge in [-0.2, -0.15) is 0 Å². The monoisotopic (exact) mass is 336 g/mol. The van der Waals surface area contributed by atoms with Gasteiger partial charge in [0.1, 0.15) is 0 Å². The van der Waals surface area contributed by atoms with Crippen LogP contribution in [0.5, 0.6) is 0 Å². The van der Waals surface area contributed by atoms with Crippen molar-refractivity contribution >= 4 is 6.21 Å². The zero-order valence-electron chi connectivity index (χ0n) is 16.4. The zero-order chi connectivity index (χ0) is 18.3. The highest BCUT2D eigenvalue weighted by Gasteiger charge is 2.23. The van der Waals surface area contributed by atoms with Gasteiger partial charge >= 0.3 is 0 Å². The van der Waals surface area contributed by atoms with Crippen molar-refractivity contribution in [1.82, 2.24) is 0 Å². The SMILES string of the molecule is CCC(CC)C(N)CC=CCCC=CCC(CC)(CC)CC=NO. The summed E-state index contributed by atoms with van der Waals surface area (Å²) in [6.07, 6.45) is 20.3. The largest absolute Gasteiger partial charge is 0.411 e. The van der Waals surface area contributed by atoms with Gasteiger partial charge in [0.25, 0.3) is 0 Å². The highest BCUT2D eigenvalue weighted by atomic mass is 16.4. The lowest BCUT2D eigenvalue weighted by Gasteiger charge is -2.28. The molecule has 24 heavy (non-hydrogen) atoms. The zero-order valence-corrected chi connectivity index (χ0v) is 16.4.